The molecule has 1 N–H and O–H groups in total. The van der Waals surface area contributed by atoms with Gasteiger partial charge in [0.15, 0.2) is 0 Å². The Morgan fingerprint density at radius 1 is 1.00 bits per heavy atom. The fourth-order valence-electron chi connectivity index (χ4n) is 4.88. The van der Waals surface area contributed by atoms with Crippen molar-refractivity contribution in [3.63, 3.8) is 0 Å². The van der Waals surface area contributed by atoms with E-state index in [0.717, 1.165) is 44.9 Å². The molecule has 2 unspecified atom stereocenters. The van der Waals surface area contributed by atoms with Gasteiger partial charge in [0.1, 0.15) is 0 Å². The average molecular weight is 586 g/mol. The monoisotopic (exact) mass is 585 g/mol. The molecule has 0 saturated heterocycles. The van der Waals surface area contributed by atoms with Gasteiger partial charge in [0.05, 0.1) is 29.8 Å². The molecule has 0 aliphatic rings. The number of ether oxygens (including phenoxy) is 1. The van der Waals surface area contributed by atoms with Crippen LogP contribution < -0.4 is 0 Å². The first kappa shape index (κ1) is 30.7. The van der Waals surface area contributed by atoms with Crippen molar-refractivity contribution in [2.75, 3.05) is 6.61 Å². The van der Waals surface area contributed by atoms with Gasteiger partial charge in [0.25, 0.3) is 0 Å². The van der Waals surface area contributed by atoms with E-state index in [0.29, 0.717) is 30.9 Å². The van der Waals surface area contributed by atoms with Gasteiger partial charge in [-0.15, -0.1) is 0 Å². The molecule has 0 aliphatic carbocycles. The molecule has 4 rings (SSSR count). The van der Waals surface area contributed by atoms with E-state index in [-0.39, 0.29) is 11.9 Å². The van der Waals surface area contributed by atoms with Crippen LogP contribution in [0, 0.1) is 0 Å². The lowest BCUT2D eigenvalue weighted by Crippen LogP contribution is -2.24. The summed E-state index contributed by atoms with van der Waals surface area (Å²) < 4.78 is 5.70. The van der Waals surface area contributed by atoms with Gasteiger partial charge in [-0.25, -0.2) is 4.98 Å². The van der Waals surface area contributed by atoms with E-state index >= 15 is 0 Å². The third-order valence-corrected chi connectivity index (χ3v) is 9.26. The molecule has 0 bridgehead atoms. The van der Waals surface area contributed by atoms with E-state index in [9.17, 15) is 9.90 Å². The first-order valence-electron chi connectivity index (χ1n) is 14.4. The zero-order valence-corrected chi connectivity index (χ0v) is 26.2. The van der Waals surface area contributed by atoms with Crippen molar-refractivity contribution in [3.8, 4) is 0 Å². The Kier molecular flexibility index (Phi) is 10.5. The second-order valence-corrected chi connectivity index (χ2v) is 17.8. The molecular weight excluding hydrogens is 546 g/mol. The average Bonchev–Trinajstić information content (AvgIpc) is 2.95. The van der Waals surface area contributed by atoms with Crippen molar-refractivity contribution in [3.05, 3.63) is 112 Å². The van der Waals surface area contributed by atoms with E-state index in [2.05, 4.69) is 30.7 Å². The van der Waals surface area contributed by atoms with Crippen molar-refractivity contribution in [2.45, 2.75) is 63.9 Å². The van der Waals surface area contributed by atoms with Crippen molar-refractivity contribution < 1.29 is 14.6 Å². The molecule has 3 aromatic carbocycles. The van der Waals surface area contributed by atoms with E-state index in [1.54, 1.807) is 0 Å². The number of esters is 1. The molecule has 1 aromatic heterocycles. The molecule has 1 heterocycles. The van der Waals surface area contributed by atoms with Crippen LogP contribution in [0.3, 0.4) is 0 Å². The molecule has 0 radical (unpaired) electrons. The highest BCUT2D eigenvalue weighted by Crippen LogP contribution is 2.29. The minimum Gasteiger partial charge on any atom is -0.466 e. The Morgan fingerprint density at radius 3 is 2.56 bits per heavy atom. The van der Waals surface area contributed by atoms with Crippen LogP contribution in [0.15, 0.2) is 78.9 Å². The van der Waals surface area contributed by atoms with Gasteiger partial charge < -0.3 is 9.84 Å². The number of aliphatic hydroxyl groups excluding tert-OH is 1. The number of aromatic nitrogens is 1. The third kappa shape index (κ3) is 8.86. The maximum atomic E-state index is 13.0. The first-order chi connectivity index (χ1) is 19.6. The molecular formula is C35H40ClNO3Si. The van der Waals surface area contributed by atoms with E-state index in [1.807, 2.05) is 91.9 Å². The molecule has 4 nitrogen and oxygen atoms in total. The number of aryl methyl sites for hydroxylation is 1. The lowest BCUT2D eigenvalue weighted by molar-refractivity contribution is -0.145. The summed E-state index contributed by atoms with van der Waals surface area (Å²) in [4.78, 5) is 17.7. The number of benzene rings is 3. The van der Waals surface area contributed by atoms with Crippen LogP contribution >= 0.6 is 11.6 Å². The summed E-state index contributed by atoms with van der Waals surface area (Å²) in [5, 5.41) is 12.8. The predicted octanol–water partition coefficient (Wildman–Crippen LogP) is 9.10. The van der Waals surface area contributed by atoms with Gasteiger partial charge in [-0.2, -0.15) is 0 Å². The smallest absolute Gasteiger partial charge is 0.313 e. The van der Waals surface area contributed by atoms with Gasteiger partial charge in [0, 0.05) is 18.5 Å². The Hall–Kier alpha value is -3.25. The highest BCUT2D eigenvalue weighted by Gasteiger charge is 2.24. The summed E-state index contributed by atoms with van der Waals surface area (Å²) in [5.74, 6) is -0.444. The number of carbonyl (C=O) groups is 1. The van der Waals surface area contributed by atoms with Gasteiger partial charge in [0.2, 0.25) is 0 Å². The molecule has 2 atom stereocenters. The number of aliphatic hydroxyl groups is 1. The van der Waals surface area contributed by atoms with Crippen LogP contribution in [0.5, 0.6) is 0 Å². The summed E-state index contributed by atoms with van der Waals surface area (Å²) in [6.07, 6.45) is 5.25. The van der Waals surface area contributed by atoms with Crippen molar-refractivity contribution in [1.82, 2.24) is 4.98 Å². The van der Waals surface area contributed by atoms with E-state index in [1.165, 1.54) is 0 Å². The molecule has 0 amide bonds. The van der Waals surface area contributed by atoms with Gasteiger partial charge in [-0.3, -0.25) is 4.79 Å². The van der Waals surface area contributed by atoms with Crippen LogP contribution in [-0.2, 0) is 16.0 Å². The van der Waals surface area contributed by atoms with Crippen molar-refractivity contribution >= 4 is 48.7 Å². The zero-order valence-electron chi connectivity index (χ0n) is 24.4. The predicted molar refractivity (Wildman–Crippen MR) is 174 cm³/mol. The van der Waals surface area contributed by atoms with Gasteiger partial charge in [-0.05, 0) is 77.9 Å². The maximum Gasteiger partial charge on any atom is 0.313 e. The van der Waals surface area contributed by atoms with Crippen LogP contribution in [0.25, 0.3) is 23.1 Å². The number of hydrogen-bond acceptors (Lipinski definition) is 4. The molecule has 0 fully saturated rings. The van der Waals surface area contributed by atoms with Gasteiger partial charge in [-0.1, -0.05) is 98.8 Å². The summed E-state index contributed by atoms with van der Waals surface area (Å²) in [5.41, 5.74) is 5.63. The summed E-state index contributed by atoms with van der Waals surface area (Å²) in [7, 11) is -1.27. The second kappa shape index (κ2) is 14.1. The van der Waals surface area contributed by atoms with Crippen LogP contribution in [-0.4, -0.2) is 30.7 Å². The molecule has 0 spiro atoms. The SMILES string of the molecule is CCC(C(=O)OCC[Si](C)(C)C)c1ccccc1CCC(O)c1cccc(C=Cc2ccc3ccc(Cl)cc3n2)c1. The zero-order chi connectivity index (χ0) is 29.4. The van der Waals surface area contributed by atoms with Crippen molar-refractivity contribution in [1.29, 1.82) is 0 Å². The van der Waals surface area contributed by atoms with Gasteiger partial charge >= 0.3 is 5.97 Å². The lowest BCUT2D eigenvalue weighted by Gasteiger charge is -2.21. The minimum atomic E-state index is -1.27. The Balaban J connectivity index is 1.41. The number of pyridine rings is 1. The molecule has 0 aliphatic heterocycles. The van der Waals surface area contributed by atoms with Crippen LogP contribution in [0.2, 0.25) is 30.7 Å². The second-order valence-electron chi connectivity index (χ2n) is 11.8. The van der Waals surface area contributed by atoms with Crippen molar-refractivity contribution in [2.24, 2.45) is 0 Å². The highest BCUT2D eigenvalue weighted by molar-refractivity contribution is 6.76. The fraction of sp³-hybridized carbons (Fsp3) is 0.314. The van der Waals surface area contributed by atoms with E-state index in [4.69, 9.17) is 16.3 Å². The number of hydrogen-bond donors (Lipinski definition) is 1. The molecule has 214 valence electrons. The standard InChI is InChI=1S/C35H40ClNO3Si/c1-5-31(35(39)40-21-22-41(2,3)4)32-12-7-6-10-26(32)16-20-34(38)28-11-8-9-25(23-28)13-18-30-19-15-27-14-17-29(36)24-33(27)37-30/h6-15,17-19,23-24,31,34,38H,5,16,20-22H2,1-4H3. The summed E-state index contributed by atoms with van der Waals surface area (Å²) in [6, 6.07) is 26.7. The van der Waals surface area contributed by atoms with Crippen LogP contribution in [0.1, 0.15) is 59.7 Å². The number of fused-ring (bicyclic) bond motifs is 1. The summed E-state index contributed by atoms with van der Waals surface area (Å²) in [6.45, 7) is 9.36. The van der Waals surface area contributed by atoms with E-state index < -0.39 is 14.2 Å². The molecule has 6 heteroatoms. The number of halogens is 1. The third-order valence-electron chi connectivity index (χ3n) is 7.32. The Morgan fingerprint density at radius 2 is 1.78 bits per heavy atom. The largest absolute Gasteiger partial charge is 0.466 e. The molecule has 0 saturated carbocycles. The minimum absolute atomic E-state index is 0.151. The Bertz CT molecular complexity index is 1510. The lowest BCUT2D eigenvalue weighted by atomic mass is 9.89. The topological polar surface area (TPSA) is 59.4 Å². The quantitative estimate of drug-likeness (QED) is 0.133. The molecule has 41 heavy (non-hydrogen) atoms. The number of rotatable bonds is 12. The fourth-order valence-corrected chi connectivity index (χ4v) is 5.76. The molecule has 4 aromatic rings. The highest BCUT2D eigenvalue weighted by atomic mass is 35.5. The first-order valence-corrected chi connectivity index (χ1v) is 18.5. The summed E-state index contributed by atoms with van der Waals surface area (Å²) >= 11 is 6.13. The normalized spacial score (nSPS) is 13.4. The number of nitrogens with zero attached hydrogens (tertiary/aromatic N) is 1. The van der Waals surface area contributed by atoms with Crippen LogP contribution in [0.4, 0.5) is 0 Å². The number of carbonyl (C=O) groups excluding carboxylic acids is 1. The maximum absolute atomic E-state index is 13.0. The Labute approximate surface area is 250 Å².